The molecule has 1 fully saturated rings. The van der Waals surface area contributed by atoms with Crippen molar-refractivity contribution in [2.75, 3.05) is 0 Å². The fourth-order valence-electron chi connectivity index (χ4n) is 7.35. The Bertz CT molecular complexity index is 1480. The Morgan fingerprint density at radius 2 is 1.18 bits per heavy atom. The second-order valence-corrected chi connectivity index (χ2v) is 12.7. The molecule has 0 amide bonds. The van der Waals surface area contributed by atoms with Gasteiger partial charge in [0.25, 0.3) is 0 Å². The maximum atomic E-state index is 2.49. The Labute approximate surface area is 231 Å². The van der Waals surface area contributed by atoms with Crippen LogP contribution in [-0.4, -0.2) is 0 Å². The minimum Gasteiger partial charge on any atom is -0.0625 e. The van der Waals surface area contributed by atoms with Crippen molar-refractivity contribution in [3.8, 4) is 11.1 Å². The molecule has 1 aliphatic carbocycles. The van der Waals surface area contributed by atoms with Crippen LogP contribution in [-0.2, 0) is 6.42 Å². The van der Waals surface area contributed by atoms with Gasteiger partial charge in [-0.2, -0.15) is 0 Å². The van der Waals surface area contributed by atoms with Crippen molar-refractivity contribution in [2.24, 2.45) is 5.92 Å². The van der Waals surface area contributed by atoms with Crippen LogP contribution in [0.5, 0.6) is 0 Å². The van der Waals surface area contributed by atoms with Gasteiger partial charge in [-0.25, -0.2) is 0 Å². The van der Waals surface area contributed by atoms with Crippen molar-refractivity contribution in [3.63, 3.8) is 0 Å². The zero-order chi connectivity index (χ0) is 27.3. The number of rotatable bonds is 4. The van der Waals surface area contributed by atoms with Crippen molar-refractivity contribution < 1.29 is 0 Å². The van der Waals surface area contributed by atoms with Gasteiger partial charge in [0.2, 0.25) is 0 Å². The number of aryl methyl sites for hydroxylation is 7. The van der Waals surface area contributed by atoms with E-state index < -0.39 is 0 Å². The van der Waals surface area contributed by atoms with Crippen LogP contribution in [0.25, 0.3) is 21.9 Å². The van der Waals surface area contributed by atoms with E-state index in [2.05, 4.69) is 105 Å². The zero-order valence-electron chi connectivity index (χ0n) is 25.2. The van der Waals surface area contributed by atoms with E-state index >= 15 is 0 Å². The molecule has 0 aromatic heterocycles. The molecule has 0 unspecified atom stereocenters. The molecule has 0 heterocycles. The Kier molecular flexibility index (Phi) is 7.29. The number of benzene rings is 4. The van der Waals surface area contributed by atoms with Crippen molar-refractivity contribution in [1.82, 2.24) is 0 Å². The van der Waals surface area contributed by atoms with E-state index in [1.165, 1.54) is 103 Å². The van der Waals surface area contributed by atoms with Gasteiger partial charge in [0.15, 0.2) is 0 Å². The summed E-state index contributed by atoms with van der Waals surface area (Å²) in [5, 5.41) is 2.81. The van der Waals surface area contributed by atoms with Gasteiger partial charge in [-0.3, -0.25) is 0 Å². The molecule has 0 spiro atoms. The second-order valence-electron chi connectivity index (χ2n) is 12.7. The maximum absolute atomic E-state index is 2.49. The van der Waals surface area contributed by atoms with Gasteiger partial charge in [-0.1, -0.05) is 62.2 Å². The van der Waals surface area contributed by atoms with E-state index in [0.29, 0.717) is 0 Å². The maximum Gasteiger partial charge on any atom is -0.00202 e. The lowest BCUT2D eigenvalue weighted by molar-refractivity contribution is 0.348. The van der Waals surface area contributed by atoms with Crippen molar-refractivity contribution in [3.05, 3.63) is 104 Å². The molecule has 5 rings (SSSR count). The summed E-state index contributed by atoms with van der Waals surface area (Å²) in [5.41, 5.74) is 18.5. The van der Waals surface area contributed by atoms with Crippen molar-refractivity contribution in [1.29, 1.82) is 0 Å². The average Bonchev–Trinajstić information content (AvgIpc) is 2.84. The highest BCUT2D eigenvalue weighted by atomic mass is 14.3. The second kappa shape index (κ2) is 10.4. The molecular weight excluding hydrogens is 456 g/mol. The van der Waals surface area contributed by atoms with Gasteiger partial charge < -0.3 is 0 Å². The van der Waals surface area contributed by atoms with Gasteiger partial charge in [0.05, 0.1) is 0 Å². The molecule has 0 N–H and O–H groups in total. The predicted molar refractivity (Wildman–Crippen MR) is 167 cm³/mol. The Hall–Kier alpha value is -2.86. The van der Waals surface area contributed by atoms with Crippen LogP contribution in [0.3, 0.4) is 0 Å². The van der Waals surface area contributed by atoms with Crippen LogP contribution < -0.4 is 0 Å². The van der Waals surface area contributed by atoms with Crippen LogP contribution in [0.15, 0.2) is 42.5 Å². The van der Waals surface area contributed by atoms with E-state index in [1.54, 1.807) is 5.56 Å². The quantitative estimate of drug-likeness (QED) is 0.260. The number of hydrogen-bond donors (Lipinski definition) is 0. The molecule has 38 heavy (non-hydrogen) atoms. The molecular formula is C38H46. The molecule has 4 aromatic carbocycles. The first kappa shape index (κ1) is 26.7. The molecule has 0 bridgehead atoms. The smallest absolute Gasteiger partial charge is 0.00202 e. The van der Waals surface area contributed by atoms with E-state index in [9.17, 15) is 0 Å². The molecule has 1 saturated carbocycles. The zero-order valence-corrected chi connectivity index (χ0v) is 25.2. The summed E-state index contributed by atoms with van der Waals surface area (Å²) >= 11 is 0. The lowest BCUT2D eigenvalue weighted by atomic mass is 9.78. The first-order chi connectivity index (χ1) is 18.0. The molecule has 0 atom stereocenters. The third-order valence-corrected chi connectivity index (χ3v) is 9.73. The normalized spacial score (nSPS) is 17.8. The minimum absolute atomic E-state index is 0.741. The molecule has 0 saturated heterocycles. The van der Waals surface area contributed by atoms with E-state index in [1.807, 2.05) is 0 Å². The molecule has 0 heteroatoms. The summed E-state index contributed by atoms with van der Waals surface area (Å²) in [4.78, 5) is 0. The van der Waals surface area contributed by atoms with Crippen molar-refractivity contribution in [2.45, 2.75) is 100 Å². The summed E-state index contributed by atoms with van der Waals surface area (Å²) in [6.45, 7) is 20.7. The molecule has 0 aliphatic heterocycles. The first-order valence-electron chi connectivity index (χ1n) is 14.7. The lowest BCUT2D eigenvalue weighted by Gasteiger charge is -2.27. The van der Waals surface area contributed by atoms with Crippen LogP contribution in [0, 0.1) is 61.3 Å². The van der Waals surface area contributed by atoms with Crippen LogP contribution >= 0.6 is 0 Å². The fourth-order valence-corrected chi connectivity index (χ4v) is 7.35. The Balaban J connectivity index is 1.47. The lowest BCUT2D eigenvalue weighted by Crippen LogP contribution is -2.11. The summed E-state index contributed by atoms with van der Waals surface area (Å²) in [7, 11) is 0. The highest BCUT2D eigenvalue weighted by molar-refractivity contribution is 5.91. The van der Waals surface area contributed by atoms with Crippen LogP contribution in [0.2, 0.25) is 0 Å². The monoisotopic (exact) mass is 502 g/mol. The molecule has 0 radical (unpaired) electrons. The van der Waals surface area contributed by atoms with Gasteiger partial charge >= 0.3 is 0 Å². The predicted octanol–water partition coefficient (Wildman–Crippen LogP) is 10.9. The third-order valence-electron chi connectivity index (χ3n) is 9.73. The summed E-state index contributed by atoms with van der Waals surface area (Å²) in [6, 6.07) is 17.1. The van der Waals surface area contributed by atoms with Gasteiger partial charge in [0.1, 0.15) is 0 Å². The fraction of sp³-hybridized carbons (Fsp3) is 0.421. The van der Waals surface area contributed by atoms with Crippen LogP contribution in [0.1, 0.15) is 99.7 Å². The third kappa shape index (κ3) is 4.95. The standard InChI is InChI=1S/C38H46/c1-22-10-12-32(13-11-22)33-18-27(6)37(28(7)19-33)34-16-24(3)36(25(4)17-34)21-31-14-26(5)38-30(9)29(8)23(2)15-35(38)20-31/h14-20,22,32H,10-13,21H2,1-9H3. The molecule has 1 aliphatic rings. The summed E-state index contributed by atoms with van der Waals surface area (Å²) in [6.07, 6.45) is 6.43. The van der Waals surface area contributed by atoms with Crippen molar-refractivity contribution >= 4 is 10.8 Å². The number of hydrogen-bond acceptors (Lipinski definition) is 0. The van der Waals surface area contributed by atoms with E-state index in [0.717, 1.165) is 18.3 Å². The van der Waals surface area contributed by atoms with Crippen LogP contribution in [0.4, 0.5) is 0 Å². The molecule has 0 nitrogen and oxygen atoms in total. The summed E-state index contributed by atoms with van der Waals surface area (Å²) < 4.78 is 0. The molecule has 4 aromatic rings. The highest BCUT2D eigenvalue weighted by Gasteiger charge is 2.21. The Morgan fingerprint density at radius 1 is 0.579 bits per heavy atom. The van der Waals surface area contributed by atoms with Gasteiger partial charge in [-0.15, -0.1) is 0 Å². The topological polar surface area (TPSA) is 0 Å². The van der Waals surface area contributed by atoms with Gasteiger partial charge in [0, 0.05) is 0 Å². The van der Waals surface area contributed by atoms with E-state index in [4.69, 9.17) is 0 Å². The van der Waals surface area contributed by atoms with Gasteiger partial charge in [-0.05, 0) is 170 Å². The SMILES string of the molecule is Cc1cc2cc(Cc3c(C)cc(-c4c(C)cc(C5CCC(C)CC5)cc4C)cc3C)cc(C)c2c(C)c1C. The largest absolute Gasteiger partial charge is 0.0625 e. The summed E-state index contributed by atoms with van der Waals surface area (Å²) in [5.74, 6) is 1.64. The van der Waals surface area contributed by atoms with E-state index in [-0.39, 0.29) is 0 Å². The Morgan fingerprint density at radius 3 is 1.79 bits per heavy atom. The molecule has 198 valence electrons. The highest BCUT2D eigenvalue weighted by Crippen LogP contribution is 2.39. The average molecular weight is 503 g/mol. The minimum atomic E-state index is 0.741. The number of fused-ring (bicyclic) bond motifs is 1. The first-order valence-corrected chi connectivity index (χ1v) is 14.7.